The van der Waals surface area contributed by atoms with E-state index in [1.165, 1.54) is 44.9 Å². The van der Waals surface area contributed by atoms with Crippen molar-refractivity contribution in [2.24, 2.45) is 5.92 Å². The summed E-state index contributed by atoms with van der Waals surface area (Å²) in [7, 11) is 1.75. The van der Waals surface area contributed by atoms with E-state index in [2.05, 4.69) is 19.2 Å². The summed E-state index contributed by atoms with van der Waals surface area (Å²) in [6.45, 7) is 7.58. The summed E-state index contributed by atoms with van der Waals surface area (Å²) in [6.07, 6.45) is 9.65. The number of hydrogen-bond donors (Lipinski definition) is 1. The van der Waals surface area contributed by atoms with Gasteiger partial charge in [0.1, 0.15) is 0 Å². The van der Waals surface area contributed by atoms with Gasteiger partial charge in [0, 0.05) is 13.7 Å². The van der Waals surface area contributed by atoms with Crippen LogP contribution >= 0.6 is 0 Å². The molecule has 1 N–H and O–H groups in total. The Bertz CT molecular complexity index is 128. The minimum absolute atomic E-state index is 0.827. The van der Waals surface area contributed by atoms with Crippen molar-refractivity contribution in [2.45, 2.75) is 58.8 Å². The molecule has 0 bridgehead atoms. The van der Waals surface area contributed by atoms with E-state index in [-0.39, 0.29) is 0 Å². The van der Waals surface area contributed by atoms with Gasteiger partial charge in [0.05, 0.1) is 6.61 Å². The number of rotatable bonds is 12. The van der Waals surface area contributed by atoms with Crippen molar-refractivity contribution in [1.29, 1.82) is 0 Å². The van der Waals surface area contributed by atoms with Crippen molar-refractivity contribution in [3.05, 3.63) is 0 Å². The van der Waals surface area contributed by atoms with Crippen LogP contribution in [-0.2, 0) is 4.74 Å². The summed E-state index contributed by atoms with van der Waals surface area (Å²) >= 11 is 0. The van der Waals surface area contributed by atoms with Crippen LogP contribution in [0, 0.1) is 5.92 Å². The average molecular weight is 229 g/mol. The Balaban J connectivity index is 3.20. The predicted octanol–water partition coefficient (Wildman–Crippen LogP) is 3.61. The average Bonchev–Trinajstić information content (AvgIpc) is 2.32. The molecule has 0 aromatic carbocycles. The van der Waals surface area contributed by atoms with Gasteiger partial charge in [0.2, 0.25) is 0 Å². The van der Waals surface area contributed by atoms with Gasteiger partial charge in [-0.05, 0) is 18.9 Å². The van der Waals surface area contributed by atoms with Crippen molar-refractivity contribution < 1.29 is 4.74 Å². The molecule has 0 aliphatic carbocycles. The van der Waals surface area contributed by atoms with Gasteiger partial charge in [0.15, 0.2) is 0 Å². The van der Waals surface area contributed by atoms with Crippen LogP contribution in [0.4, 0.5) is 0 Å². The zero-order valence-electron chi connectivity index (χ0n) is 11.6. The largest absolute Gasteiger partial charge is 0.383 e. The maximum atomic E-state index is 4.99. The van der Waals surface area contributed by atoms with E-state index in [0.717, 1.165) is 25.6 Å². The predicted molar refractivity (Wildman–Crippen MR) is 71.9 cm³/mol. The molecule has 2 heteroatoms. The molecule has 0 aromatic rings. The van der Waals surface area contributed by atoms with E-state index in [1.54, 1.807) is 7.11 Å². The van der Waals surface area contributed by atoms with Crippen molar-refractivity contribution in [3.63, 3.8) is 0 Å². The smallest absolute Gasteiger partial charge is 0.0587 e. The normalized spacial score (nSPS) is 12.9. The molecule has 0 aromatic heterocycles. The highest BCUT2D eigenvalue weighted by Crippen LogP contribution is 2.18. The SMILES string of the molecule is CCCCC(CC)CCCCNCCOC. The number of methoxy groups -OCH3 is 1. The third kappa shape index (κ3) is 10.4. The molecule has 0 saturated carbocycles. The molecular weight excluding hydrogens is 198 g/mol. The Kier molecular flexibility index (Phi) is 12.9. The van der Waals surface area contributed by atoms with Gasteiger partial charge >= 0.3 is 0 Å². The van der Waals surface area contributed by atoms with Crippen LogP contribution in [0.2, 0.25) is 0 Å². The molecule has 1 unspecified atom stereocenters. The topological polar surface area (TPSA) is 21.3 Å². The minimum atomic E-state index is 0.827. The zero-order valence-corrected chi connectivity index (χ0v) is 11.6. The second-order valence-electron chi connectivity index (χ2n) is 4.66. The van der Waals surface area contributed by atoms with Crippen molar-refractivity contribution >= 4 is 0 Å². The quantitative estimate of drug-likeness (QED) is 0.516. The van der Waals surface area contributed by atoms with Gasteiger partial charge in [-0.3, -0.25) is 0 Å². The molecule has 98 valence electrons. The molecule has 0 rings (SSSR count). The lowest BCUT2D eigenvalue weighted by atomic mass is 9.94. The number of nitrogens with one attached hydrogen (secondary N) is 1. The minimum Gasteiger partial charge on any atom is -0.383 e. The van der Waals surface area contributed by atoms with Crippen LogP contribution in [0.25, 0.3) is 0 Å². The first-order valence-electron chi connectivity index (χ1n) is 7.04. The molecule has 0 saturated heterocycles. The first-order valence-corrected chi connectivity index (χ1v) is 7.04. The van der Waals surface area contributed by atoms with Crippen molar-refractivity contribution in [1.82, 2.24) is 5.32 Å². The van der Waals surface area contributed by atoms with Crippen LogP contribution < -0.4 is 5.32 Å². The number of ether oxygens (including phenoxy) is 1. The molecule has 0 aliphatic heterocycles. The third-order valence-corrected chi connectivity index (χ3v) is 3.24. The van der Waals surface area contributed by atoms with E-state index < -0.39 is 0 Å². The monoisotopic (exact) mass is 229 g/mol. The Morgan fingerprint density at radius 3 is 2.38 bits per heavy atom. The highest BCUT2D eigenvalue weighted by atomic mass is 16.5. The summed E-state index contributed by atoms with van der Waals surface area (Å²) in [5.74, 6) is 0.971. The van der Waals surface area contributed by atoms with Crippen LogP contribution in [0.1, 0.15) is 58.8 Å². The second kappa shape index (κ2) is 13.0. The Morgan fingerprint density at radius 1 is 1.00 bits per heavy atom. The lowest BCUT2D eigenvalue weighted by Crippen LogP contribution is -2.20. The number of hydrogen-bond acceptors (Lipinski definition) is 2. The van der Waals surface area contributed by atoms with Gasteiger partial charge in [-0.1, -0.05) is 52.4 Å². The molecule has 16 heavy (non-hydrogen) atoms. The van der Waals surface area contributed by atoms with Crippen LogP contribution in [0.5, 0.6) is 0 Å². The van der Waals surface area contributed by atoms with Crippen molar-refractivity contribution in [3.8, 4) is 0 Å². The fraction of sp³-hybridized carbons (Fsp3) is 1.00. The molecule has 2 nitrogen and oxygen atoms in total. The van der Waals surface area contributed by atoms with E-state index in [1.807, 2.05) is 0 Å². The van der Waals surface area contributed by atoms with E-state index in [0.29, 0.717) is 0 Å². The molecule has 0 aliphatic rings. The maximum Gasteiger partial charge on any atom is 0.0587 e. The summed E-state index contributed by atoms with van der Waals surface area (Å²) in [6, 6.07) is 0. The first-order chi connectivity index (χ1) is 7.85. The van der Waals surface area contributed by atoms with Gasteiger partial charge < -0.3 is 10.1 Å². The maximum absolute atomic E-state index is 4.99. The third-order valence-electron chi connectivity index (χ3n) is 3.24. The van der Waals surface area contributed by atoms with Gasteiger partial charge in [-0.2, -0.15) is 0 Å². The highest BCUT2D eigenvalue weighted by Gasteiger charge is 2.04. The van der Waals surface area contributed by atoms with E-state index in [9.17, 15) is 0 Å². The zero-order chi connectivity index (χ0) is 12.1. The summed E-state index contributed by atoms with van der Waals surface area (Å²) in [4.78, 5) is 0. The van der Waals surface area contributed by atoms with Crippen LogP contribution in [0.3, 0.4) is 0 Å². The standard InChI is InChI=1S/C14H31NO/c1-4-6-9-14(5-2)10-7-8-11-15-12-13-16-3/h14-15H,4-13H2,1-3H3. The first kappa shape index (κ1) is 15.9. The second-order valence-corrected chi connectivity index (χ2v) is 4.66. The Hall–Kier alpha value is -0.0800. The van der Waals surface area contributed by atoms with Crippen LogP contribution in [-0.4, -0.2) is 26.8 Å². The molecule has 0 spiro atoms. The van der Waals surface area contributed by atoms with Crippen LogP contribution in [0.15, 0.2) is 0 Å². The summed E-state index contributed by atoms with van der Waals surface area (Å²) < 4.78 is 4.99. The fourth-order valence-electron chi connectivity index (χ4n) is 2.03. The molecule has 0 fully saturated rings. The molecule has 1 atom stereocenters. The number of unbranched alkanes of at least 4 members (excludes halogenated alkanes) is 2. The summed E-state index contributed by atoms with van der Waals surface area (Å²) in [5, 5.41) is 3.40. The highest BCUT2D eigenvalue weighted by molar-refractivity contribution is 4.58. The molecular formula is C14H31NO. The Labute approximate surface area is 102 Å². The Morgan fingerprint density at radius 2 is 1.75 bits per heavy atom. The molecule has 0 heterocycles. The van der Waals surface area contributed by atoms with Gasteiger partial charge in [-0.25, -0.2) is 0 Å². The van der Waals surface area contributed by atoms with Crippen molar-refractivity contribution in [2.75, 3.05) is 26.8 Å². The van der Waals surface area contributed by atoms with Gasteiger partial charge in [0.25, 0.3) is 0 Å². The van der Waals surface area contributed by atoms with E-state index >= 15 is 0 Å². The lowest BCUT2D eigenvalue weighted by molar-refractivity contribution is 0.199. The van der Waals surface area contributed by atoms with Gasteiger partial charge in [-0.15, -0.1) is 0 Å². The fourth-order valence-corrected chi connectivity index (χ4v) is 2.03. The molecule has 0 amide bonds. The lowest BCUT2D eigenvalue weighted by Gasteiger charge is -2.14. The van der Waals surface area contributed by atoms with E-state index in [4.69, 9.17) is 4.74 Å². The molecule has 0 radical (unpaired) electrons. The summed E-state index contributed by atoms with van der Waals surface area (Å²) in [5.41, 5.74) is 0.